The zero-order valence-electron chi connectivity index (χ0n) is 18.7. The predicted molar refractivity (Wildman–Crippen MR) is 132 cm³/mol. The van der Waals surface area contributed by atoms with Crippen molar-refractivity contribution in [2.75, 3.05) is 0 Å². The van der Waals surface area contributed by atoms with E-state index in [1.165, 1.54) is 72.8 Å². The summed E-state index contributed by atoms with van der Waals surface area (Å²) in [6.07, 6.45) is 10.8. The Balaban J connectivity index is 1.37. The second-order valence-electron chi connectivity index (χ2n) is 9.86. The molecule has 2 heteroatoms. The van der Waals surface area contributed by atoms with Gasteiger partial charge in [-0.2, -0.15) is 0 Å². The van der Waals surface area contributed by atoms with E-state index in [9.17, 15) is 0 Å². The van der Waals surface area contributed by atoms with Gasteiger partial charge >= 0.3 is 0 Å². The average Bonchev–Trinajstić information content (AvgIpc) is 3.28. The summed E-state index contributed by atoms with van der Waals surface area (Å²) in [4.78, 5) is 4.64. The molecule has 160 valence electrons. The van der Waals surface area contributed by atoms with Gasteiger partial charge in [0, 0.05) is 17.3 Å². The number of hydrogen-bond acceptors (Lipinski definition) is 1. The van der Waals surface area contributed by atoms with Crippen LogP contribution in [0.1, 0.15) is 68.6 Å². The summed E-state index contributed by atoms with van der Waals surface area (Å²) in [6, 6.07) is 18.1. The molecular weight excluding hydrogens is 398 g/mol. The second-order valence-corrected chi connectivity index (χ2v) is 10.3. The largest absolute Gasteiger partial charge is 0.255 e. The van der Waals surface area contributed by atoms with Crippen LogP contribution in [0.4, 0.5) is 0 Å². The number of aryl methyl sites for hydroxylation is 2. The van der Waals surface area contributed by atoms with E-state index in [2.05, 4.69) is 67.4 Å². The maximum Gasteiger partial charge on any atom is 0.0709 e. The lowest BCUT2D eigenvalue weighted by Crippen LogP contribution is -2.17. The summed E-state index contributed by atoms with van der Waals surface area (Å²) in [7, 11) is 0. The maximum atomic E-state index is 6.58. The molecule has 2 aliphatic rings. The average molecular weight is 430 g/mol. The molecule has 0 bridgehead atoms. The van der Waals surface area contributed by atoms with Crippen molar-refractivity contribution in [1.82, 2.24) is 4.98 Å². The van der Waals surface area contributed by atoms with Crippen LogP contribution in [-0.2, 0) is 12.8 Å². The molecule has 3 aromatic rings. The highest BCUT2D eigenvalue weighted by atomic mass is 35.5. The first-order chi connectivity index (χ1) is 15.1. The standard InChI is InChI=1S/C29H32ClN/c1-19(2)20-6-8-22(9-7-20)23-10-13-24(14-11-23)27-17-29(31-18-28(27)30)26-15-12-21-4-3-5-25(21)16-26/h10-20,22H,3-9H2,1-2H3. The monoisotopic (exact) mass is 429 g/mol. The molecule has 2 aromatic carbocycles. The number of nitrogens with zero attached hydrogens (tertiary/aromatic N) is 1. The van der Waals surface area contributed by atoms with E-state index in [0.29, 0.717) is 5.92 Å². The molecule has 0 saturated heterocycles. The fraction of sp³-hybridized carbons (Fsp3) is 0.414. The van der Waals surface area contributed by atoms with Crippen molar-refractivity contribution < 1.29 is 0 Å². The molecule has 0 unspecified atom stereocenters. The fourth-order valence-electron chi connectivity index (χ4n) is 5.60. The van der Waals surface area contributed by atoms with Gasteiger partial charge in [-0.05, 0) is 97.1 Å². The molecule has 2 aliphatic carbocycles. The predicted octanol–water partition coefficient (Wildman–Crippen LogP) is 8.49. The molecule has 0 aliphatic heterocycles. The van der Waals surface area contributed by atoms with E-state index in [1.807, 2.05) is 0 Å². The smallest absolute Gasteiger partial charge is 0.0709 e. The molecule has 1 nitrogen and oxygen atoms in total. The van der Waals surface area contributed by atoms with Crippen LogP contribution in [-0.4, -0.2) is 4.98 Å². The highest BCUT2D eigenvalue weighted by molar-refractivity contribution is 6.33. The SMILES string of the molecule is CC(C)C1CCC(c2ccc(-c3cc(-c4ccc5c(c4)CCC5)ncc3Cl)cc2)CC1. The summed E-state index contributed by atoms with van der Waals surface area (Å²) in [5, 5.41) is 0.718. The van der Waals surface area contributed by atoms with Gasteiger partial charge in [0.25, 0.3) is 0 Å². The van der Waals surface area contributed by atoms with Gasteiger partial charge in [0.05, 0.1) is 10.7 Å². The molecule has 0 radical (unpaired) electrons. The molecule has 31 heavy (non-hydrogen) atoms. The molecular formula is C29H32ClN. The molecule has 0 atom stereocenters. The van der Waals surface area contributed by atoms with Gasteiger partial charge in [-0.15, -0.1) is 0 Å². The van der Waals surface area contributed by atoms with Crippen molar-refractivity contribution in [3.8, 4) is 22.4 Å². The molecule has 1 heterocycles. The lowest BCUT2D eigenvalue weighted by Gasteiger charge is -2.31. The minimum absolute atomic E-state index is 0.707. The Morgan fingerprint density at radius 3 is 2.29 bits per heavy atom. The number of hydrogen-bond donors (Lipinski definition) is 0. The van der Waals surface area contributed by atoms with E-state index in [4.69, 9.17) is 11.6 Å². The van der Waals surface area contributed by atoms with Crippen molar-refractivity contribution in [3.63, 3.8) is 0 Å². The van der Waals surface area contributed by atoms with E-state index in [-0.39, 0.29) is 0 Å². The Labute approximate surface area is 191 Å². The van der Waals surface area contributed by atoms with E-state index in [1.54, 1.807) is 6.20 Å². The summed E-state index contributed by atoms with van der Waals surface area (Å²) in [5.74, 6) is 2.43. The fourth-order valence-corrected chi connectivity index (χ4v) is 5.82. The van der Waals surface area contributed by atoms with Gasteiger partial charge < -0.3 is 0 Å². The lowest BCUT2D eigenvalue weighted by atomic mass is 9.74. The summed E-state index contributed by atoms with van der Waals surface area (Å²) >= 11 is 6.58. The minimum Gasteiger partial charge on any atom is -0.255 e. The highest BCUT2D eigenvalue weighted by Gasteiger charge is 2.24. The number of fused-ring (bicyclic) bond motifs is 1. The van der Waals surface area contributed by atoms with Gasteiger partial charge in [-0.1, -0.05) is 61.8 Å². The maximum absolute atomic E-state index is 6.58. The highest BCUT2D eigenvalue weighted by Crippen LogP contribution is 2.39. The summed E-state index contributed by atoms with van der Waals surface area (Å²) < 4.78 is 0. The molecule has 1 aromatic heterocycles. The molecule has 0 spiro atoms. The molecule has 0 N–H and O–H groups in total. The number of halogens is 1. The Bertz CT molecular complexity index is 1060. The van der Waals surface area contributed by atoms with Crippen LogP contribution < -0.4 is 0 Å². The Morgan fingerprint density at radius 2 is 1.55 bits per heavy atom. The quantitative estimate of drug-likeness (QED) is 0.405. The summed E-state index contributed by atoms with van der Waals surface area (Å²) in [5.41, 5.74) is 8.90. The Kier molecular flexibility index (Phi) is 5.89. The van der Waals surface area contributed by atoms with Crippen molar-refractivity contribution in [1.29, 1.82) is 0 Å². The molecule has 1 saturated carbocycles. The third kappa shape index (κ3) is 4.30. The molecule has 5 rings (SSSR count). The topological polar surface area (TPSA) is 12.9 Å². The number of pyridine rings is 1. The van der Waals surface area contributed by atoms with Crippen molar-refractivity contribution in [2.45, 2.75) is 64.7 Å². The van der Waals surface area contributed by atoms with Crippen molar-refractivity contribution in [2.24, 2.45) is 11.8 Å². The van der Waals surface area contributed by atoms with Gasteiger partial charge in [-0.3, -0.25) is 4.98 Å². The zero-order chi connectivity index (χ0) is 21.4. The minimum atomic E-state index is 0.707. The lowest BCUT2D eigenvalue weighted by molar-refractivity contribution is 0.259. The Morgan fingerprint density at radius 1 is 0.839 bits per heavy atom. The van der Waals surface area contributed by atoms with Crippen LogP contribution in [0, 0.1) is 11.8 Å². The van der Waals surface area contributed by atoms with Crippen LogP contribution in [0.3, 0.4) is 0 Å². The van der Waals surface area contributed by atoms with Crippen molar-refractivity contribution >= 4 is 11.6 Å². The van der Waals surface area contributed by atoms with E-state index < -0.39 is 0 Å². The first-order valence-corrected chi connectivity index (χ1v) is 12.3. The molecule has 1 fully saturated rings. The first kappa shape index (κ1) is 20.8. The zero-order valence-corrected chi connectivity index (χ0v) is 19.5. The normalized spacial score (nSPS) is 20.8. The van der Waals surface area contributed by atoms with Crippen LogP contribution in [0.15, 0.2) is 54.7 Å². The van der Waals surface area contributed by atoms with Gasteiger partial charge in [0.1, 0.15) is 0 Å². The van der Waals surface area contributed by atoms with E-state index >= 15 is 0 Å². The van der Waals surface area contributed by atoms with Crippen molar-refractivity contribution in [3.05, 3.63) is 76.4 Å². The van der Waals surface area contributed by atoms with E-state index in [0.717, 1.165) is 28.1 Å². The van der Waals surface area contributed by atoms with Crippen LogP contribution in [0.25, 0.3) is 22.4 Å². The van der Waals surface area contributed by atoms with Crippen LogP contribution >= 0.6 is 11.6 Å². The number of benzene rings is 2. The third-order valence-corrected chi connectivity index (χ3v) is 7.96. The van der Waals surface area contributed by atoms with Gasteiger partial charge in [0.15, 0.2) is 0 Å². The first-order valence-electron chi connectivity index (χ1n) is 12.0. The number of rotatable bonds is 4. The third-order valence-electron chi connectivity index (χ3n) is 7.66. The number of aromatic nitrogens is 1. The second kappa shape index (κ2) is 8.79. The Hall–Kier alpha value is -2.12. The van der Waals surface area contributed by atoms with Crippen LogP contribution in [0.5, 0.6) is 0 Å². The summed E-state index contributed by atoms with van der Waals surface area (Å²) in [6.45, 7) is 4.74. The van der Waals surface area contributed by atoms with Crippen LogP contribution in [0.2, 0.25) is 5.02 Å². The molecule has 0 amide bonds. The van der Waals surface area contributed by atoms with Gasteiger partial charge in [-0.25, -0.2) is 0 Å². The van der Waals surface area contributed by atoms with Gasteiger partial charge in [0.2, 0.25) is 0 Å².